The minimum Gasteiger partial charge on any atom is -1.00 e. The molecule has 1 aliphatic rings. The highest BCUT2D eigenvalue weighted by atomic mass is 35.5. The summed E-state index contributed by atoms with van der Waals surface area (Å²) in [5.41, 5.74) is 2.08. The van der Waals surface area contributed by atoms with Crippen molar-refractivity contribution < 1.29 is 26.0 Å². The van der Waals surface area contributed by atoms with Crippen molar-refractivity contribution in [3.63, 3.8) is 0 Å². The average molecular weight is 413 g/mol. The van der Waals surface area contributed by atoms with Crippen LogP contribution in [0, 0.1) is 0 Å². The standard InChI is InChI=1S/C19H21F2N3OS.ClH/c1-23-10-12-24(13-11-23)18(25)16-4-2-3-5-17(16)22-14-6-8-15(9-7-14)26-19(20)21;/h2-9,19,22H,10-13H2,1H3;1H/p-1. The van der Waals surface area contributed by atoms with E-state index in [1.54, 1.807) is 24.3 Å². The topological polar surface area (TPSA) is 35.6 Å². The monoisotopic (exact) mass is 412 g/mol. The Hall–Kier alpha value is -1.83. The van der Waals surface area contributed by atoms with E-state index < -0.39 is 5.76 Å². The minimum absolute atomic E-state index is 0. The van der Waals surface area contributed by atoms with Crippen molar-refractivity contribution in [1.29, 1.82) is 0 Å². The summed E-state index contributed by atoms with van der Waals surface area (Å²) in [6.07, 6.45) is 0. The second kappa shape index (κ2) is 9.92. The zero-order valence-electron chi connectivity index (χ0n) is 14.9. The van der Waals surface area contributed by atoms with Crippen LogP contribution in [0.5, 0.6) is 0 Å². The molecule has 0 spiro atoms. The van der Waals surface area contributed by atoms with Gasteiger partial charge in [-0.2, -0.15) is 8.78 Å². The van der Waals surface area contributed by atoms with Crippen LogP contribution in [0.1, 0.15) is 10.4 Å². The van der Waals surface area contributed by atoms with Crippen LogP contribution >= 0.6 is 11.8 Å². The normalized spacial score (nSPS) is 14.7. The molecule has 0 aliphatic carbocycles. The van der Waals surface area contributed by atoms with Crippen molar-refractivity contribution in [3.05, 3.63) is 54.1 Å². The fraction of sp³-hybridized carbons (Fsp3) is 0.316. The molecule has 1 heterocycles. The van der Waals surface area contributed by atoms with Crippen molar-refractivity contribution in [3.8, 4) is 0 Å². The Labute approximate surface area is 168 Å². The van der Waals surface area contributed by atoms with E-state index >= 15 is 0 Å². The summed E-state index contributed by atoms with van der Waals surface area (Å²) >= 11 is 0.515. The van der Waals surface area contributed by atoms with E-state index in [1.165, 1.54) is 0 Å². The quantitative estimate of drug-likeness (QED) is 0.747. The molecule has 1 fully saturated rings. The molecule has 1 amide bonds. The predicted molar refractivity (Wildman–Crippen MR) is 101 cm³/mol. The van der Waals surface area contributed by atoms with Gasteiger partial charge in [0.1, 0.15) is 0 Å². The van der Waals surface area contributed by atoms with E-state index in [-0.39, 0.29) is 18.3 Å². The van der Waals surface area contributed by atoms with Crippen molar-refractivity contribution in [1.82, 2.24) is 9.80 Å². The molecule has 27 heavy (non-hydrogen) atoms. The molecular formula is C19H21ClF2N3OS-. The van der Waals surface area contributed by atoms with E-state index in [9.17, 15) is 13.6 Å². The summed E-state index contributed by atoms with van der Waals surface area (Å²) in [4.78, 5) is 17.4. The van der Waals surface area contributed by atoms with Gasteiger partial charge in [0.25, 0.3) is 11.7 Å². The van der Waals surface area contributed by atoms with Gasteiger partial charge in [0, 0.05) is 36.8 Å². The summed E-state index contributed by atoms with van der Waals surface area (Å²) in [5.74, 6) is -2.43. The number of carbonyl (C=O) groups excluding carboxylic acids is 1. The van der Waals surface area contributed by atoms with E-state index in [2.05, 4.69) is 10.2 Å². The Kier molecular flexibility index (Phi) is 7.89. The molecule has 0 unspecified atom stereocenters. The van der Waals surface area contributed by atoms with Crippen molar-refractivity contribution >= 4 is 29.0 Å². The third-order valence-electron chi connectivity index (χ3n) is 4.31. The molecule has 0 radical (unpaired) electrons. The first-order valence-electron chi connectivity index (χ1n) is 8.41. The third-order valence-corrected chi connectivity index (χ3v) is 5.03. The van der Waals surface area contributed by atoms with E-state index in [0.29, 0.717) is 41.0 Å². The number of para-hydroxylation sites is 1. The highest BCUT2D eigenvalue weighted by molar-refractivity contribution is 7.99. The first-order valence-corrected chi connectivity index (χ1v) is 9.29. The van der Waals surface area contributed by atoms with Crippen molar-refractivity contribution in [2.75, 3.05) is 38.5 Å². The summed E-state index contributed by atoms with van der Waals surface area (Å²) < 4.78 is 24.8. The van der Waals surface area contributed by atoms with Crippen LogP contribution in [0.15, 0.2) is 53.4 Å². The lowest BCUT2D eigenvalue weighted by Crippen LogP contribution is -3.00. The van der Waals surface area contributed by atoms with Gasteiger partial charge in [0.2, 0.25) is 0 Å². The SMILES string of the molecule is CN1CCN(C(=O)c2ccccc2Nc2ccc(SC(F)F)cc2)CC1.[Cl-]. The molecular weight excluding hydrogens is 392 g/mol. The minimum atomic E-state index is -2.43. The number of hydrogen-bond acceptors (Lipinski definition) is 4. The number of amides is 1. The number of likely N-dealkylation sites (N-methyl/N-ethyl adjacent to an activating group) is 1. The maximum Gasteiger partial charge on any atom is 0.288 e. The van der Waals surface area contributed by atoms with E-state index in [1.807, 2.05) is 36.2 Å². The average Bonchev–Trinajstić information content (AvgIpc) is 2.63. The number of nitrogens with zero attached hydrogens (tertiary/aromatic N) is 2. The first kappa shape index (κ1) is 21.5. The largest absolute Gasteiger partial charge is 1.00 e. The van der Waals surface area contributed by atoms with Crippen LogP contribution in [-0.4, -0.2) is 54.7 Å². The smallest absolute Gasteiger partial charge is 0.288 e. The zero-order chi connectivity index (χ0) is 18.5. The number of alkyl halides is 2. The number of benzene rings is 2. The Morgan fingerprint density at radius 1 is 1.04 bits per heavy atom. The van der Waals surface area contributed by atoms with Crippen LogP contribution in [-0.2, 0) is 0 Å². The number of nitrogens with one attached hydrogen (secondary N) is 1. The Balaban J connectivity index is 0.00000261. The van der Waals surface area contributed by atoms with Gasteiger partial charge in [-0.15, -0.1) is 0 Å². The summed E-state index contributed by atoms with van der Waals surface area (Å²) in [7, 11) is 2.05. The van der Waals surface area contributed by atoms with Crippen molar-refractivity contribution in [2.45, 2.75) is 10.7 Å². The van der Waals surface area contributed by atoms with Crippen LogP contribution in [0.25, 0.3) is 0 Å². The maximum atomic E-state index is 12.9. The number of anilines is 2. The fourth-order valence-corrected chi connectivity index (χ4v) is 3.33. The molecule has 146 valence electrons. The van der Waals surface area contributed by atoms with Gasteiger partial charge in [-0.05, 0) is 43.4 Å². The number of carbonyl (C=O) groups is 1. The zero-order valence-corrected chi connectivity index (χ0v) is 16.4. The summed E-state index contributed by atoms with van der Waals surface area (Å²) in [6.45, 7) is 3.15. The summed E-state index contributed by atoms with van der Waals surface area (Å²) in [6, 6.07) is 14.1. The molecule has 0 atom stereocenters. The van der Waals surface area contributed by atoms with Crippen LogP contribution in [0.3, 0.4) is 0 Å². The lowest BCUT2D eigenvalue weighted by molar-refractivity contribution is -0.0000181. The van der Waals surface area contributed by atoms with Gasteiger partial charge in [0.05, 0.1) is 11.3 Å². The second-order valence-corrected chi connectivity index (χ2v) is 7.23. The van der Waals surface area contributed by atoms with Gasteiger partial charge in [0.15, 0.2) is 0 Å². The molecule has 4 nitrogen and oxygen atoms in total. The molecule has 0 aromatic heterocycles. The third kappa shape index (κ3) is 5.82. The van der Waals surface area contributed by atoms with Gasteiger partial charge in [-0.3, -0.25) is 4.79 Å². The van der Waals surface area contributed by atoms with Crippen LogP contribution in [0.4, 0.5) is 20.2 Å². The van der Waals surface area contributed by atoms with Crippen LogP contribution < -0.4 is 17.7 Å². The molecule has 8 heteroatoms. The van der Waals surface area contributed by atoms with Gasteiger partial charge in [-0.25, -0.2) is 0 Å². The molecule has 2 aromatic rings. The molecule has 2 aromatic carbocycles. The van der Waals surface area contributed by atoms with Gasteiger partial charge >= 0.3 is 0 Å². The number of piperazine rings is 1. The van der Waals surface area contributed by atoms with E-state index in [4.69, 9.17) is 0 Å². The van der Waals surface area contributed by atoms with Crippen molar-refractivity contribution in [2.24, 2.45) is 0 Å². The number of halogens is 3. The fourth-order valence-electron chi connectivity index (χ4n) is 2.83. The van der Waals surface area contributed by atoms with Gasteiger partial charge < -0.3 is 27.5 Å². The molecule has 0 bridgehead atoms. The molecule has 1 N–H and O–H groups in total. The Morgan fingerprint density at radius 2 is 1.67 bits per heavy atom. The Bertz CT molecular complexity index is 753. The maximum absolute atomic E-state index is 12.9. The highest BCUT2D eigenvalue weighted by Gasteiger charge is 2.22. The molecule has 3 rings (SSSR count). The Morgan fingerprint density at radius 3 is 2.30 bits per heavy atom. The van der Waals surface area contributed by atoms with E-state index in [0.717, 1.165) is 18.8 Å². The first-order chi connectivity index (χ1) is 12.5. The number of hydrogen-bond donors (Lipinski definition) is 1. The molecule has 1 aliphatic heterocycles. The van der Waals surface area contributed by atoms with Gasteiger partial charge in [-0.1, -0.05) is 23.9 Å². The lowest BCUT2D eigenvalue weighted by atomic mass is 10.1. The molecule has 0 saturated carbocycles. The highest BCUT2D eigenvalue weighted by Crippen LogP contribution is 2.28. The second-order valence-electron chi connectivity index (χ2n) is 6.17. The molecule has 1 saturated heterocycles. The number of rotatable bonds is 5. The van der Waals surface area contributed by atoms with Crippen LogP contribution in [0.2, 0.25) is 0 Å². The summed E-state index contributed by atoms with van der Waals surface area (Å²) in [5, 5.41) is 3.23. The number of thioether (sulfide) groups is 1. The lowest BCUT2D eigenvalue weighted by Gasteiger charge is -2.32. The predicted octanol–water partition coefficient (Wildman–Crippen LogP) is 1.14.